The second-order valence-electron chi connectivity index (χ2n) is 15.5. The normalized spacial score (nSPS) is 22.2. The summed E-state index contributed by atoms with van der Waals surface area (Å²) in [7, 11) is -3.78. The first-order valence-electron chi connectivity index (χ1n) is 16.7. The maximum atomic E-state index is 14.9. The van der Waals surface area contributed by atoms with Crippen molar-refractivity contribution in [2.24, 2.45) is 5.41 Å². The Labute approximate surface area is 285 Å². The van der Waals surface area contributed by atoms with Crippen molar-refractivity contribution in [3.63, 3.8) is 0 Å². The summed E-state index contributed by atoms with van der Waals surface area (Å²) in [5.41, 5.74) is -0.434. The van der Waals surface area contributed by atoms with Gasteiger partial charge in [-0.1, -0.05) is 39.0 Å². The lowest BCUT2D eigenvalue weighted by molar-refractivity contribution is -0.146. The van der Waals surface area contributed by atoms with E-state index in [-0.39, 0.29) is 38.6 Å². The minimum absolute atomic E-state index is 0.0116. The van der Waals surface area contributed by atoms with E-state index in [0.29, 0.717) is 13.1 Å². The fourth-order valence-corrected chi connectivity index (χ4v) is 10.1. The number of carbonyl (C=O) groups is 3. The van der Waals surface area contributed by atoms with Gasteiger partial charge in [0.2, 0.25) is 7.37 Å². The molecule has 0 bridgehead atoms. The fraction of sp³-hybridized carbons (Fsp3) is 0.657. The first-order valence-corrected chi connectivity index (χ1v) is 18.5. The van der Waals surface area contributed by atoms with Crippen LogP contribution in [0.2, 0.25) is 0 Å². The van der Waals surface area contributed by atoms with Gasteiger partial charge in [0.25, 0.3) is 0 Å². The minimum atomic E-state index is -3.78. The Hall–Kier alpha value is -3.21. The third-order valence-corrected chi connectivity index (χ3v) is 11.5. The van der Waals surface area contributed by atoms with Crippen LogP contribution < -0.4 is 0 Å². The molecule has 1 saturated heterocycles. The number of nitrogens with zero attached hydrogens (tertiary/aromatic N) is 4. The highest BCUT2D eigenvalue weighted by molar-refractivity contribution is 7.62. The number of aromatic nitrogens is 2. The van der Waals surface area contributed by atoms with Crippen LogP contribution in [0.3, 0.4) is 0 Å². The molecule has 0 saturated carbocycles. The zero-order chi connectivity index (χ0) is 36.1. The number of aliphatic carboxylic acids is 1. The summed E-state index contributed by atoms with van der Waals surface area (Å²) < 4.78 is 33.8. The molecule has 1 fully saturated rings. The SMILES string of the molecule is CCOP1(=O)CCN(Cc2ccccc2-n2ccnc2)C(C(C)(C)C)C1(CCCCN(C(=O)OC(C)(C)C)C(=O)OC(C)(C)C)C(=O)O. The molecule has 1 aliphatic rings. The number of ether oxygens (including phenoxy) is 2. The average Bonchev–Trinajstić information content (AvgIpc) is 3.47. The number of imide groups is 1. The molecule has 1 aromatic heterocycles. The predicted octanol–water partition coefficient (Wildman–Crippen LogP) is 7.58. The van der Waals surface area contributed by atoms with Crippen LogP contribution in [0.25, 0.3) is 5.69 Å². The van der Waals surface area contributed by atoms with Crippen molar-refractivity contribution in [1.82, 2.24) is 19.4 Å². The maximum absolute atomic E-state index is 14.9. The molecular weight excluding hydrogens is 635 g/mol. The Morgan fingerprint density at radius 1 is 1.00 bits per heavy atom. The summed E-state index contributed by atoms with van der Waals surface area (Å²) in [6.45, 7) is 18.7. The van der Waals surface area contributed by atoms with E-state index in [1.807, 2.05) is 55.8 Å². The van der Waals surface area contributed by atoms with E-state index in [9.17, 15) is 24.1 Å². The number of unbranched alkanes of at least 4 members (excludes halogenated alkanes) is 1. The Morgan fingerprint density at radius 2 is 1.60 bits per heavy atom. The fourth-order valence-electron chi connectivity index (χ4n) is 6.65. The monoisotopic (exact) mass is 690 g/mol. The van der Waals surface area contributed by atoms with Gasteiger partial charge in [0.15, 0.2) is 5.16 Å². The molecule has 2 heterocycles. The number of para-hydroxylation sites is 1. The Balaban J connectivity index is 1.99. The van der Waals surface area contributed by atoms with Crippen LogP contribution in [0.15, 0.2) is 43.0 Å². The van der Waals surface area contributed by atoms with Gasteiger partial charge in [-0.05, 0) is 84.8 Å². The average molecular weight is 691 g/mol. The quantitative estimate of drug-likeness (QED) is 0.185. The summed E-state index contributed by atoms with van der Waals surface area (Å²) in [6, 6.07) is 7.21. The molecule has 2 amide bonds. The van der Waals surface area contributed by atoms with Crippen molar-refractivity contribution in [2.45, 2.75) is 117 Å². The third-order valence-electron chi connectivity index (χ3n) is 8.20. The van der Waals surface area contributed by atoms with Gasteiger partial charge < -0.3 is 23.7 Å². The van der Waals surface area contributed by atoms with Crippen molar-refractivity contribution in [3.8, 4) is 5.69 Å². The van der Waals surface area contributed by atoms with Crippen molar-refractivity contribution < 1.29 is 38.1 Å². The smallest absolute Gasteiger partial charge is 0.419 e. The van der Waals surface area contributed by atoms with Crippen molar-refractivity contribution >= 4 is 25.5 Å². The van der Waals surface area contributed by atoms with Crippen LogP contribution >= 0.6 is 7.37 Å². The molecule has 268 valence electrons. The first kappa shape index (κ1) is 39.2. The second kappa shape index (κ2) is 15.1. The van der Waals surface area contributed by atoms with E-state index in [2.05, 4.69) is 9.88 Å². The van der Waals surface area contributed by atoms with Crippen LogP contribution in [0, 0.1) is 5.41 Å². The molecule has 12 nitrogen and oxygen atoms in total. The lowest BCUT2D eigenvalue weighted by Crippen LogP contribution is -2.66. The number of carbonyl (C=O) groups excluding carboxylic acids is 2. The molecule has 3 rings (SSSR count). The molecule has 0 spiro atoms. The van der Waals surface area contributed by atoms with Gasteiger partial charge in [-0.15, -0.1) is 0 Å². The van der Waals surface area contributed by atoms with Crippen LogP contribution in [-0.4, -0.2) is 90.9 Å². The number of carboxylic acids is 1. The Morgan fingerprint density at radius 3 is 2.10 bits per heavy atom. The molecule has 0 aliphatic carbocycles. The van der Waals surface area contributed by atoms with Gasteiger partial charge in [-0.3, -0.25) is 14.3 Å². The van der Waals surface area contributed by atoms with Crippen LogP contribution in [0.1, 0.15) is 94.1 Å². The van der Waals surface area contributed by atoms with Crippen molar-refractivity contribution in [1.29, 1.82) is 0 Å². The highest BCUT2D eigenvalue weighted by Gasteiger charge is 2.66. The first-order chi connectivity index (χ1) is 22.1. The molecule has 13 heteroatoms. The highest BCUT2D eigenvalue weighted by atomic mass is 31.2. The van der Waals surface area contributed by atoms with Gasteiger partial charge in [0.1, 0.15) is 11.2 Å². The number of hydrogen-bond acceptors (Lipinski definition) is 9. The number of hydrogen-bond donors (Lipinski definition) is 1. The topological polar surface area (TPSA) is 140 Å². The molecule has 1 aliphatic heterocycles. The number of amides is 2. The van der Waals surface area contributed by atoms with Crippen LogP contribution in [0.4, 0.5) is 9.59 Å². The Bertz CT molecular complexity index is 1430. The maximum Gasteiger partial charge on any atom is 0.419 e. The van der Waals surface area contributed by atoms with Crippen LogP contribution in [-0.2, 0) is 29.9 Å². The van der Waals surface area contributed by atoms with Gasteiger partial charge in [0, 0.05) is 44.2 Å². The summed E-state index contributed by atoms with van der Waals surface area (Å²) in [5, 5.41) is 9.41. The minimum Gasteiger partial charge on any atom is -0.480 e. The van der Waals surface area contributed by atoms with E-state index >= 15 is 0 Å². The summed E-state index contributed by atoms with van der Waals surface area (Å²) in [4.78, 5) is 47.1. The van der Waals surface area contributed by atoms with E-state index in [1.165, 1.54) is 0 Å². The van der Waals surface area contributed by atoms with Gasteiger partial charge in [0.05, 0.1) is 18.6 Å². The van der Waals surface area contributed by atoms with Gasteiger partial charge in [-0.25, -0.2) is 19.5 Å². The molecule has 3 unspecified atom stereocenters. The second-order valence-corrected chi connectivity index (χ2v) is 18.3. The van der Waals surface area contributed by atoms with E-state index < -0.39 is 53.3 Å². The standard InChI is InChI=1S/C35H55N4O8P/c1-11-45-48(44)23-22-37(24-26-16-12-13-17-27(26)38-21-19-36-25-38)28(32(2,3)4)35(48,29(40)41)18-14-15-20-39(30(42)46-33(5,6)7)31(43)47-34(8,9)10/h12-13,16-17,19,21,25,28H,11,14-15,18,20,22-24H2,1-10H3,(H,40,41). The van der Waals surface area contributed by atoms with E-state index in [0.717, 1.165) is 16.2 Å². The third kappa shape index (κ3) is 9.27. The zero-order valence-electron chi connectivity index (χ0n) is 30.3. The lowest BCUT2D eigenvalue weighted by Gasteiger charge is -2.55. The molecule has 2 aromatic rings. The predicted molar refractivity (Wildman–Crippen MR) is 185 cm³/mol. The lowest BCUT2D eigenvalue weighted by atomic mass is 9.74. The molecule has 1 N–H and O–H groups in total. The number of benzene rings is 1. The Kier molecular flexibility index (Phi) is 12.4. The molecule has 1 aromatic carbocycles. The summed E-state index contributed by atoms with van der Waals surface area (Å²) in [5.74, 6) is -1.18. The van der Waals surface area contributed by atoms with E-state index in [4.69, 9.17) is 14.0 Å². The van der Waals surface area contributed by atoms with Gasteiger partial charge in [-0.2, -0.15) is 0 Å². The number of carboxylic acid groups (broad SMARTS) is 1. The molecule has 3 atom stereocenters. The molecule has 48 heavy (non-hydrogen) atoms. The highest BCUT2D eigenvalue weighted by Crippen LogP contribution is 2.67. The van der Waals surface area contributed by atoms with E-state index in [1.54, 1.807) is 61.0 Å². The largest absolute Gasteiger partial charge is 0.480 e. The van der Waals surface area contributed by atoms with Crippen molar-refractivity contribution in [2.75, 3.05) is 25.9 Å². The zero-order valence-corrected chi connectivity index (χ0v) is 31.2. The number of imidazole rings is 1. The van der Waals surface area contributed by atoms with Gasteiger partial charge >= 0.3 is 18.2 Å². The van der Waals surface area contributed by atoms with Crippen molar-refractivity contribution in [3.05, 3.63) is 48.5 Å². The molecule has 0 radical (unpaired) electrons. The van der Waals surface area contributed by atoms with Crippen LogP contribution in [0.5, 0.6) is 0 Å². The summed E-state index contributed by atoms with van der Waals surface area (Å²) in [6.07, 6.45) is 4.16. The number of rotatable bonds is 11. The molecular formula is C35H55N4O8P. The summed E-state index contributed by atoms with van der Waals surface area (Å²) >= 11 is 0.